The maximum Gasteiger partial charge on any atom is 0.293 e. The average molecular weight is 504 g/mol. The Bertz CT molecular complexity index is 1380. The van der Waals surface area contributed by atoms with Gasteiger partial charge in [-0.15, -0.1) is 16.9 Å². The first-order chi connectivity index (χ1) is 17.4. The van der Waals surface area contributed by atoms with Crippen LogP contribution in [0.25, 0.3) is 11.9 Å². The van der Waals surface area contributed by atoms with E-state index in [9.17, 15) is 4.79 Å². The van der Waals surface area contributed by atoms with Crippen LogP contribution in [0.5, 0.6) is 0 Å². The van der Waals surface area contributed by atoms with Gasteiger partial charge in [-0.1, -0.05) is 41.6 Å². The normalized spacial score (nSPS) is 11.7. The summed E-state index contributed by atoms with van der Waals surface area (Å²) >= 11 is 1.51. The number of aromatic nitrogens is 5. The molecule has 4 aromatic rings. The number of rotatable bonds is 9. The summed E-state index contributed by atoms with van der Waals surface area (Å²) in [4.78, 5) is 16.0. The second-order valence-electron chi connectivity index (χ2n) is 7.88. The fourth-order valence-corrected chi connectivity index (χ4v) is 4.03. The number of allylic oxidation sites excluding steroid dienone is 1. The van der Waals surface area contributed by atoms with Crippen molar-refractivity contribution in [1.82, 2.24) is 30.7 Å². The summed E-state index contributed by atoms with van der Waals surface area (Å²) in [5, 5.41) is 19.7. The summed E-state index contributed by atoms with van der Waals surface area (Å²) in [5.41, 5.74) is 11.7. The third-order valence-corrected chi connectivity index (χ3v) is 6.08. The zero-order valence-corrected chi connectivity index (χ0v) is 20.8. The third kappa shape index (κ3) is 5.96. The second-order valence-corrected chi connectivity index (χ2v) is 8.93. The predicted octanol–water partition coefficient (Wildman–Crippen LogP) is 3.41. The van der Waals surface area contributed by atoms with E-state index in [4.69, 9.17) is 10.4 Å². The van der Waals surface area contributed by atoms with E-state index < -0.39 is 5.91 Å². The Balaban J connectivity index is 1.50. The van der Waals surface area contributed by atoms with Gasteiger partial charge in [0, 0.05) is 30.4 Å². The molecular formula is C24H25N9O2S. The number of nitrogens with two attached hydrogens (primary N) is 1. The SMILES string of the molecule is CC(/C=C/c1ccc(N(C)C)cc1)=N\NC(=O)c1nnn(-c2nonc2N)c1CSc1ccccc1. The van der Waals surface area contributed by atoms with Crippen LogP contribution >= 0.6 is 11.8 Å². The molecule has 0 atom stereocenters. The van der Waals surface area contributed by atoms with Gasteiger partial charge in [-0.2, -0.15) is 9.78 Å². The highest BCUT2D eigenvalue weighted by atomic mass is 32.2. The molecule has 184 valence electrons. The van der Waals surface area contributed by atoms with Gasteiger partial charge in [-0.05, 0) is 53.1 Å². The van der Waals surface area contributed by atoms with Gasteiger partial charge < -0.3 is 10.6 Å². The first-order valence-electron chi connectivity index (χ1n) is 10.9. The summed E-state index contributed by atoms with van der Waals surface area (Å²) in [6.07, 6.45) is 3.73. The molecule has 0 aliphatic rings. The van der Waals surface area contributed by atoms with E-state index in [1.807, 2.05) is 85.7 Å². The van der Waals surface area contributed by atoms with Crippen LogP contribution in [0.4, 0.5) is 11.5 Å². The van der Waals surface area contributed by atoms with Gasteiger partial charge in [0.2, 0.25) is 11.6 Å². The van der Waals surface area contributed by atoms with Crippen LogP contribution < -0.4 is 16.1 Å². The lowest BCUT2D eigenvalue weighted by atomic mass is 10.2. The van der Waals surface area contributed by atoms with Gasteiger partial charge in [0.05, 0.1) is 11.4 Å². The van der Waals surface area contributed by atoms with Crippen molar-refractivity contribution in [3.05, 3.63) is 77.6 Å². The number of hydrogen-bond donors (Lipinski definition) is 2. The number of nitrogens with one attached hydrogen (secondary N) is 1. The van der Waals surface area contributed by atoms with E-state index in [0.29, 0.717) is 17.2 Å². The summed E-state index contributed by atoms with van der Waals surface area (Å²) in [6, 6.07) is 17.8. The van der Waals surface area contributed by atoms with E-state index in [1.165, 1.54) is 16.4 Å². The first-order valence-corrected chi connectivity index (χ1v) is 11.9. The van der Waals surface area contributed by atoms with Gasteiger partial charge in [0.25, 0.3) is 5.91 Å². The minimum atomic E-state index is -0.511. The molecule has 4 rings (SSSR count). The fraction of sp³-hybridized carbons (Fsp3) is 0.167. The molecule has 2 aromatic carbocycles. The van der Waals surface area contributed by atoms with Gasteiger partial charge in [0.1, 0.15) is 0 Å². The Morgan fingerprint density at radius 3 is 2.58 bits per heavy atom. The van der Waals surface area contributed by atoms with Gasteiger partial charge in [-0.3, -0.25) is 4.79 Å². The Morgan fingerprint density at radius 1 is 1.17 bits per heavy atom. The third-order valence-electron chi connectivity index (χ3n) is 5.05. The number of anilines is 2. The quantitative estimate of drug-likeness (QED) is 0.200. The molecule has 2 aromatic heterocycles. The van der Waals surface area contributed by atoms with Crippen molar-refractivity contribution in [1.29, 1.82) is 0 Å². The van der Waals surface area contributed by atoms with E-state index in [1.54, 1.807) is 6.92 Å². The Labute approximate surface area is 212 Å². The van der Waals surface area contributed by atoms with Crippen LogP contribution in [-0.2, 0) is 5.75 Å². The second kappa shape index (κ2) is 11.3. The molecule has 0 aliphatic carbocycles. The lowest BCUT2D eigenvalue weighted by Gasteiger charge is -2.11. The predicted molar refractivity (Wildman–Crippen MR) is 140 cm³/mol. The topological polar surface area (TPSA) is 140 Å². The molecule has 2 heterocycles. The fourth-order valence-electron chi connectivity index (χ4n) is 3.11. The summed E-state index contributed by atoms with van der Waals surface area (Å²) in [7, 11) is 3.98. The molecular weight excluding hydrogens is 478 g/mol. The number of hydrazone groups is 1. The van der Waals surface area contributed by atoms with Crippen LogP contribution in [0, 0.1) is 0 Å². The highest BCUT2D eigenvalue weighted by Crippen LogP contribution is 2.25. The number of carbonyl (C=O) groups excluding carboxylic acids is 1. The molecule has 0 saturated heterocycles. The molecule has 0 spiro atoms. The molecule has 11 nitrogen and oxygen atoms in total. The Kier molecular flexibility index (Phi) is 7.75. The van der Waals surface area contributed by atoms with Crippen molar-refractivity contribution >= 4 is 41.0 Å². The number of carbonyl (C=O) groups is 1. The Morgan fingerprint density at radius 2 is 1.92 bits per heavy atom. The molecule has 0 aliphatic heterocycles. The van der Waals surface area contributed by atoms with Crippen molar-refractivity contribution in [3.63, 3.8) is 0 Å². The lowest BCUT2D eigenvalue weighted by Crippen LogP contribution is -2.21. The maximum atomic E-state index is 13.0. The molecule has 0 fully saturated rings. The molecule has 12 heteroatoms. The smallest absolute Gasteiger partial charge is 0.293 e. The van der Waals surface area contributed by atoms with Crippen molar-refractivity contribution in [2.45, 2.75) is 17.6 Å². The highest BCUT2D eigenvalue weighted by molar-refractivity contribution is 7.98. The largest absolute Gasteiger partial charge is 0.378 e. The van der Waals surface area contributed by atoms with Crippen LogP contribution in [-0.4, -0.2) is 51.0 Å². The number of hydrogen-bond acceptors (Lipinski definition) is 10. The number of benzene rings is 2. The average Bonchev–Trinajstić information content (AvgIpc) is 3.51. The van der Waals surface area contributed by atoms with Gasteiger partial charge >= 0.3 is 0 Å². The Hall–Kier alpha value is -4.45. The molecule has 0 radical (unpaired) electrons. The number of nitrogen functional groups attached to an aromatic ring is 1. The lowest BCUT2D eigenvalue weighted by molar-refractivity contribution is 0.0949. The number of nitrogens with zero attached hydrogens (tertiary/aromatic N) is 7. The van der Waals surface area contributed by atoms with Crippen LogP contribution in [0.1, 0.15) is 28.7 Å². The highest BCUT2D eigenvalue weighted by Gasteiger charge is 2.24. The molecule has 1 amide bonds. The standard InChI is InChI=1S/C24H25N9O2S/c1-16(9-10-17-11-13-18(14-12-17)32(2)3)26-28-24(34)21-20(15-36-19-7-5-4-6-8-19)33(31-27-21)23-22(25)29-35-30-23/h4-14H,15H2,1-3H3,(H2,25,29)(H,28,34)/b10-9+,26-16+. The minimum absolute atomic E-state index is 0.0374. The van der Waals surface area contributed by atoms with E-state index in [2.05, 4.69) is 31.2 Å². The van der Waals surface area contributed by atoms with Crippen molar-refractivity contribution in [2.24, 2.45) is 5.10 Å². The molecule has 0 saturated carbocycles. The van der Waals surface area contributed by atoms with Gasteiger partial charge in [0.15, 0.2) is 5.69 Å². The van der Waals surface area contributed by atoms with Gasteiger partial charge in [-0.25, -0.2) is 10.1 Å². The van der Waals surface area contributed by atoms with Crippen molar-refractivity contribution in [3.8, 4) is 5.82 Å². The summed E-state index contributed by atoms with van der Waals surface area (Å²) in [6.45, 7) is 1.79. The minimum Gasteiger partial charge on any atom is -0.378 e. The number of thioether (sulfide) groups is 1. The molecule has 36 heavy (non-hydrogen) atoms. The van der Waals surface area contributed by atoms with E-state index in [-0.39, 0.29) is 17.3 Å². The van der Waals surface area contributed by atoms with E-state index >= 15 is 0 Å². The summed E-state index contributed by atoms with van der Waals surface area (Å²) < 4.78 is 6.05. The monoisotopic (exact) mass is 503 g/mol. The zero-order valence-electron chi connectivity index (χ0n) is 20.0. The first kappa shape index (κ1) is 24.7. The maximum absolute atomic E-state index is 13.0. The van der Waals surface area contributed by atoms with Crippen LogP contribution in [0.2, 0.25) is 0 Å². The van der Waals surface area contributed by atoms with Crippen molar-refractivity contribution < 1.29 is 9.42 Å². The van der Waals surface area contributed by atoms with E-state index in [0.717, 1.165) is 16.1 Å². The number of amides is 1. The summed E-state index contributed by atoms with van der Waals surface area (Å²) in [5.74, 6) is 0.0593. The molecule has 0 bridgehead atoms. The van der Waals surface area contributed by atoms with Crippen LogP contribution in [0.3, 0.4) is 0 Å². The van der Waals surface area contributed by atoms with Crippen molar-refractivity contribution in [2.75, 3.05) is 24.7 Å². The van der Waals surface area contributed by atoms with Crippen LogP contribution in [0.15, 0.2) is 75.3 Å². The molecule has 3 N–H and O–H groups in total. The zero-order chi connectivity index (χ0) is 25.5. The molecule has 0 unspecified atom stereocenters.